The standard InChI is InChI=1S/2Na.H5O10P3.V/c;;1-11(2,3)9-13(7,8)10-12(4,5)6;/h;;(H,7,8)(H2,1,2,3)(H2,4,5,6);/q2*+1;;/p-5. The molecule has 0 heterocycles. The van der Waals surface area contributed by atoms with E-state index in [0.29, 0.717) is 0 Å². The summed E-state index contributed by atoms with van der Waals surface area (Å²) in [5.74, 6) is 0. The molecule has 0 atom stereocenters. The molecule has 0 aromatic carbocycles. The monoisotopic (exact) mass is 350 g/mol. The van der Waals surface area contributed by atoms with Gasteiger partial charge in [-0.3, -0.25) is 13.2 Å². The first kappa shape index (κ1) is 27.4. The number of hydrogen-bond donors (Lipinski definition) is 0. The molecule has 0 N–H and O–H groups in total. The van der Waals surface area contributed by atoms with Crippen LogP contribution in [0.25, 0.3) is 0 Å². The summed E-state index contributed by atoms with van der Waals surface area (Å²) >= 11 is 0. The summed E-state index contributed by atoms with van der Waals surface area (Å²) in [6.07, 6.45) is 0. The predicted molar refractivity (Wildman–Crippen MR) is 25.0 cm³/mol. The zero-order valence-corrected chi connectivity index (χ0v) is 16.0. The van der Waals surface area contributed by atoms with E-state index in [4.69, 9.17) is 0 Å². The van der Waals surface area contributed by atoms with Crippen molar-refractivity contribution < 1.29 is 124 Å². The second kappa shape index (κ2) is 9.83. The fourth-order valence-corrected chi connectivity index (χ4v) is 2.61. The van der Waals surface area contributed by atoms with Gasteiger partial charge in [-0.15, -0.1) is 0 Å². The van der Waals surface area contributed by atoms with Crippen LogP contribution in [0.5, 0.6) is 0 Å². The van der Waals surface area contributed by atoms with Crippen LogP contribution in [-0.2, 0) is 40.9 Å². The molecule has 1 radical (unpaired) electrons. The molecule has 16 heavy (non-hydrogen) atoms. The van der Waals surface area contributed by atoms with Crippen LogP contribution < -0.4 is 83.6 Å². The van der Waals surface area contributed by atoms with Crippen LogP contribution in [0.15, 0.2) is 0 Å². The first-order chi connectivity index (χ1) is 5.41. The third-order valence-corrected chi connectivity index (χ3v) is 3.60. The molecular weight excluding hydrogens is 350 g/mol. The van der Waals surface area contributed by atoms with Gasteiger partial charge in [-0.25, -0.2) is 0 Å². The first-order valence-electron chi connectivity index (χ1n) is 2.19. The Hall–Kier alpha value is 2.99. The second-order valence-corrected chi connectivity index (χ2v) is 5.49. The molecule has 0 amide bonds. The molecule has 0 aliphatic carbocycles. The van der Waals surface area contributed by atoms with Gasteiger partial charge in [0, 0.05) is 18.6 Å². The quantitative estimate of drug-likeness (QED) is 0.348. The van der Waals surface area contributed by atoms with Crippen LogP contribution in [0.1, 0.15) is 0 Å². The molecule has 0 aliphatic rings. The molecule has 0 bridgehead atoms. The molecule has 0 aromatic rings. The van der Waals surface area contributed by atoms with Crippen molar-refractivity contribution in [1.29, 1.82) is 0 Å². The van der Waals surface area contributed by atoms with E-state index >= 15 is 0 Å². The topological polar surface area (TPSA) is 185 Å². The van der Waals surface area contributed by atoms with Gasteiger partial charge >= 0.3 is 59.1 Å². The number of rotatable bonds is 4. The van der Waals surface area contributed by atoms with Crippen LogP contribution in [0, 0.1) is 0 Å². The molecule has 0 saturated carbocycles. The molecule has 0 unspecified atom stereocenters. The Balaban J connectivity index is -0.000000240. The van der Waals surface area contributed by atoms with Crippen LogP contribution >= 0.6 is 23.5 Å². The molecule has 0 aliphatic heterocycles. The largest absolute Gasteiger partial charge is 1.00 e. The Morgan fingerprint density at radius 3 is 1.00 bits per heavy atom. The van der Waals surface area contributed by atoms with Crippen molar-refractivity contribution in [2.75, 3.05) is 0 Å². The fourth-order valence-electron chi connectivity index (χ4n) is 0.260. The summed E-state index contributed by atoms with van der Waals surface area (Å²) in [6, 6.07) is 0. The maximum absolute atomic E-state index is 10.1. The molecule has 85 valence electrons. The Morgan fingerprint density at radius 1 is 0.688 bits per heavy atom. The molecule has 0 fully saturated rings. The zero-order chi connectivity index (χ0) is 10.9. The van der Waals surface area contributed by atoms with Crippen molar-refractivity contribution in [1.82, 2.24) is 0 Å². The van der Waals surface area contributed by atoms with E-state index in [2.05, 4.69) is 8.62 Å². The molecule has 10 nitrogen and oxygen atoms in total. The van der Waals surface area contributed by atoms with Gasteiger partial charge in [0.25, 0.3) is 7.82 Å². The van der Waals surface area contributed by atoms with Crippen LogP contribution in [0.3, 0.4) is 0 Å². The first-order valence-corrected chi connectivity index (χ1v) is 6.57. The van der Waals surface area contributed by atoms with Gasteiger partial charge in [0.1, 0.15) is 0 Å². The Bertz CT molecular complexity index is 286. The summed E-state index contributed by atoms with van der Waals surface area (Å²) in [6.45, 7) is 0. The van der Waals surface area contributed by atoms with E-state index in [9.17, 15) is 38.2 Å². The molecule has 0 saturated heterocycles. The van der Waals surface area contributed by atoms with Crippen LogP contribution in [0.2, 0.25) is 0 Å². The smallest absolute Gasteiger partial charge is 0.790 e. The Morgan fingerprint density at radius 2 is 0.875 bits per heavy atom. The molecule has 0 aromatic heterocycles. The van der Waals surface area contributed by atoms with Gasteiger partial charge in [-0.05, 0) is 0 Å². The Labute approximate surface area is 146 Å². The third kappa shape index (κ3) is 19.3. The van der Waals surface area contributed by atoms with E-state index in [1.807, 2.05) is 0 Å². The van der Waals surface area contributed by atoms with E-state index < -0.39 is 23.5 Å². The second-order valence-electron chi connectivity index (χ2n) is 1.50. The van der Waals surface area contributed by atoms with Crippen molar-refractivity contribution in [3.63, 3.8) is 0 Å². The van der Waals surface area contributed by atoms with E-state index in [1.165, 1.54) is 0 Å². The van der Waals surface area contributed by atoms with Crippen molar-refractivity contribution in [3.8, 4) is 0 Å². The van der Waals surface area contributed by atoms with Crippen LogP contribution in [-0.4, -0.2) is 0 Å². The van der Waals surface area contributed by atoms with Crippen molar-refractivity contribution in [2.45, 2.75) is 0 Å². The average molecular weight is 350 g/mol. The van der Waals surface area contributed by atoms with Gasteiger partial charge in [-0.2, -0.15) is 0 Å². The SMILES string of the molecule is O=P([O-])([O-])OP(=O)([O-])OP(=O)([O-])[O-].[Na+].[Na+].[V]. The molecule has 16 heteroatoms. The molecule has 0 rings (SSSR count). The fraction of sp³-hybridized carbons (Fsp3) is 0. The normalized spacial score (nSPS) is 11.8. The van der Waals surface area contributed by atoms with Gasteiger partial charge in [-0.1, -0.05) is 0 Å². The minimum absolute atomic E-state index is 0. The van der Waals surface area contributed by atoms with Gasteiger partial charge < -0.3 is 33.6 Å². The van der Waals surface area contributed by atoms with Crippen molar-refractivity contribution in [3.05, 3.63) is 0 Å². The maximum Gasteiger partial charge on any atom is 1.00 e. The minimum atomic E-state index is -5.97. The Kier molecular flexibility index (Phi) is 16.8. The van der Waals surface area contributed by atoms with Gasteiger partial charge in [0.05, 0.1) is 15.6 Å². The number of phosphoric acid groups is 3. The minimum Gasteiger partial charge on any atom is -0.790 e. The zero-order valence-electron chi connectivity index (χ0n) is 7.87. The summed E-state index contributed by atoms with van der Waals surface area (Å²) in [7, 11) is -17.9. The van der Waals surface area contributed by atoms with Gasteiger partial charge in [0.2, 0.25) is 0 Å². The van der Waals surface area contributed by atoms with E-state index in [0.717, 1.165) is 0 Å². The average Bonchev–Trinajstić information content (AvgIpc) is 1.43. The molecular formula is Na2O10P3V-3. The van der Waals surface area contributed by atoms with Crippen molar-refractivity contribution in [2.24, 2.45) is 0 Å². The van der Waals surface area contributed by atoms with E-state index in [-0.39, 0.29) is 77.7 Å². The number of hydrogen-bond acceptors (Lipinski definition) is 10. The molecule has 0 spiro atoms. The van der Waals surface area contributed by atoms with Crippen molar-refractivity contribution >= 4 is 23.5 Å². The van der Waals surface area contributed by atoms with Crippen LogP contribution in [0.4, 0.5) is 0 Å². The maximum atomic E-state index is 10.1. The summed E-state index contributed by atoms with van der Waals surface area (Å²) in [5.41, 5.74) is 0. The predicted octanol–water partition coefficient (Wildman–Crippen LogP) is -9.85. The van der Waals surface area contributed by atoms with Gasteiger partial charge in [0.15, 0.2) is 0 Å². The summed E-state index contributed by atoms with van der Waals surface area (Å²) in [5, 5.41) is 0. The third-order valence-electron chi connectivity index (χ3n) is 0.400. The summed E-state index contributed by atoms with van der Waals surface area (Å²) < 4.78 is 34.7. The summed E-state index contributed by atoms with van der Waals surface area (Å²) in [4.78, 5) is 48.6. The van der Waals surface area contributed by atoms with E-state index in [1.54, 1.807) is 0 Å².